The zero-order valence-corrected chi connectivity index (χ0v) is 11.1. The Morgan fingerprint density at radius 2 is 2.12 bits per heavy atom. The van der Waals surface area contributed by atoms with Gasteiger partial charge in [-0.15, -0.1) is 0 Å². The van der Waals surface area contributed by atoms with Crippen LogP contribution in [-0.2, 0) is 13.0 Å². The fourth-order valence-corrected chi connectivity index (χ4v) is 2.00. The van der Waals surface area contributed by atoms with Gasteiger partial charge in [0.25, 0.3) is 0 Å². The van der Waals surface area contributed by atoms with Gasteiger partial charge in [0.15, 0.2) is 0 Å². The number of nitrogens with zero attached hydrogens (tertiary/aromatic N) is 2. The number of rotatable bonds is 5. The van der Waals surface area contributed by atoms with Crippen LogP contribution in [0.15, 0.2) is 6.07 Å². The van der Waals surface area contributed by atoms with Crippen molar-refractivity contribution in [2.75, 3.05) is 0 Å². The predicted octanol–water partition coefficient (Wildman–Crippen LogP) is 2.55. The molecule has 92 valence electrons. The molecular formula is C13H24N2O. The Kier molecular flexibility index (Phi) is 4.14. The van der Waals surface area contributed by atoms with Crippen LogP contribution in [0, 0.1) is 12.8 Å². The third kappa shape index (κ3) is 2.85. The van der Waals surface area contributed by atoms with Crippen LogP contribution in [0.2, 0.25) is 0 Å². The molecule has 3 nitrogen and oxygen atoms in total. The molecule has 1 N–H and O–H groups in total. The lowest BCUT2D eigenvalue weighted by Gasteiger charge is -2.29. The molecule has 0 aliphatic rings. The number of hydrogen-bond acceptors (Lipinski definition) is 2. The second kappa shape index (κ2) is 5.00. The Morgan fingerprint density at radius 1 is 1.50 bits per heavy atom. The molecular weight excluding hydrogens is 200 g/mol. The minimum atomic E-state index is -0.645. The highest BCUT2D eigenvalue weighted by Crippen LogP contribution is 2.24. The van der Waals surface area contributed by atoms with Crippen LogP contribution >= 0.6 is 0 Å². The molecule has 0 aliphatic heterocycles. The molecule has 0 saturated heterocycles. The fraction of sp³-hybridized carbons (Fsp3) is 0.769. The summed E-state index contributed by atoms with van der Waals surface area (Å²) in [7, 11) is 0. The van der Waals surface area contributed by atoms with Crippen molar-refractivity contribution in [2.24, 2.45) is 5.92 Å². The van der Waals surface area contributed by atoms with Crippen molar-refractivity contribution in [3.63, 3.8) is 0 Å². The van der Waals surface area contributed by atoms with Crippen molar-refractivity contribution in [2.45, 2.75) is 59.6 Å². The van der Waals surface area contributed by atoms with Gasteiger partial charge in [-0.05, 0) is 32.8 Å². The van der Waals surface area contributed by atoms with E-state index in [1.165, 1.54) is 0 Å². The van der Waals surface area contributed by atoms with Gasteiger partial charge in [-0.25, -0.2) is 0 Å². The molecule has 0 spiro atoms. The SMILES string of the molecule is CCC(C)C(C)(O)Cc1cc(C)nn1CC. The number of aliphatic hydroxyl groups is 1. The molecule has 0 amide bonds. The third-order valence-corrected chi connectivity index (χ3v) is 3.50. The van der Waals surface area contributed by atoms with Gasteiger partial charge >= 0.3 is 0 Å². The molecule has 1 heterocycles. The van der Waals surface area contributed by atoms with Crippen LogP contribution in [0.5, 0.6) is 0 Å². The van der Waals surface area contributed by atoms with Gasteiger partial charge in [0.05, 0.1) is 11.3 Å². The topological polar surface area (TPSA) is 38.1 Å². The summed E-state index contributed by atoms with van der Waals surface area (Å²) in [5, 5.41) is 14.8. The normalized spacial score (nSPS) is 17.1. The molecule has 2 unspecified atom stereocenters. The van der Waals surface area contributed by atoms with Crippen molar-refractivity contribution in [3.8, 4) is 0 Å². The van der Waals surface area contributed by atoms with Gasteiger partial charge in [-0.1, -0.05) is 20.3 Å². The van der Waals surface area contributed by atoms with Crippen LogP contribution in [0.4, 0.5) is 0 Å². The molecule has 0 bridgehead atoms. The molecule has 1 rings (SSSR count). The molecule has 16 heavy (non-hydrogen) atoms. The number of aryl methyl sites for hydroxylation is 2. The predicted molar refractivity (Wildman–Crippen MR) is 66.4 cm³/mol. The van der Waals surface area contributed by atoms with E-state index in [0.717, 1.165) is 24.4 Å². The molecule has 0 saturated carbocycles. The largest absolute Gasteiger partial charge is 0.389 e. The van der Waals surface area contributed by atoms with Gasteiger partial charge in [0.1, 0.15) is 0 Å². The minimum absolute atomic E-state index is 0.299. The van der Waals surface area contributed by atoms with Crippen molar-refractivity contribution >= 4 is 0 Å². The average Bonchev–Trinajstić information content (AvgIpc) is 2.56. The van der Waals surface area contributed by atoms with Crippen LogP contribution in [0.25, 0.3) is 0 Å². The van der Waals surface area contributed by atoms with Gasteiger partial charge < -0.3 is 5.11 Å². The van der Waals surface area contributed by atoms with Gasteiger partial charge in [-0.3, -0.25) is 4.68 Å². The summed E-state index contributed by atoms with van der Waals surface area (Å²) in [6.45, 7) is 11.1. The van der Waals surface area contributed by atoms with E-state index < -0.39 is 5.60 Å². The van der Waals surface area contributed by atoms with Crippen molar-refractivity contribution in [3.05, 3.63) is 17.5 Å². The van der Waals surface area contributed by atoms with E-state index in [4.69, 9.17) is 0 Å². The lowest BCUT2D eigenvalue weighted by atomic mass is 9.85. The van der Waals surface area contributed by atoms with E-state index in [1.54, 1.807) is 0 Å². The lowest BCUT2D eigenvalue weighted by Crippen LogP contribution is -2.35. The molecule has 0 fully saturated rings. The number of hydrogen-bond donors (Lipinski definition) is 1. The van der Waals surface area contributed by atoms with Crippen LogP contribution in [0.3, 0.4) is 0 Å². The number of aromatic nitrogens is 2. The summed E-state index contributed by atoms with van der Waals surface area (Å²) >= 11 is 0. The zero-order valence-electron chi connectivity index (χ0n) is 11.1. The lowest BCUT2D eigenvalue weighted by molar-refractivity contribution is 0.00344. The van der Waals surface area contributed by atoms with Crippen molar-refractivity contribution in [1.82, 2.24) is 9.78 Å². The zero-order chi connectivity index (χ0) is 12.3. The van der Waals surface area contributed by atoms with E-state index in [0.29, 0.717) is 12.3 Å². The second-order valence-electron chi connectivity index (χ2n) is 4.94. The summed E-state index contributed by atoms with van der Waals surface area (Å²) in [5.74, 6) is 0.299. The monoisotopic (exact) mass is 224 g/mol. The Labute approximate surface area is 98.5 Å². The van der Waals surface area contributed by atoms with E-state index in [1.807, 2.05) is 18.5 Å². The maximum Gasteiger partial charge on any atom is 0.0700 e. The third-order valence-electron chi connectivity index (χ3n) is 3.50. The molecule has 3 heteroatoms. The standard InChI is InChI=1S/C13H24N2O/c1-6-10(3)13(5,16)9-12-8-11(4)14-15(12)7-2/h8,10,16H,6-7,9H2,1-5H3. The fourth-order valence-electron chi connectivity index (χ4n) is 2.00. The first kappa shape index (κ1) is 13.2. The highest BCUT2D eigenvalue weighted by molar-refractivity contribution is 5.11. The first-order chi connectivity index (χ1) is 7.40. The Morgan fingerprint density at radius 3 is 2.62 bits per heavy atom. The molecule has 0 aliphatic carbocycles. The summed E-state index contributed by atoms with van der Waals surface area (Å²) in [6, 6.07) is 2.07. The van der Waals surface area contributed by atoms with Crippen LogP contribution in [-0.4, -0.2) is 20.5 Å². The van der Waals surface area contributed by atoms with E-state index in [2.05, 4.69) is 31.9 Å². The minimum Gasteiger partial charge on any atom is -0.389 e. The van der Waals surface area contributed by atoms with Crippen LogP contribution in [0.1, 0.15) is 45.5 Å². The Bertz CT molecular complexity index is 342. The van der Waals surface area contributed by atoms with Gasteiger partial charge in [-0.2, -0.15) is 5.10 Å². The molecule has 0 aromatic carbocycles. The van der Waals surface area contributed by atoms with Crippen LogP contribution < -0.4 is 0 Å². The quantitative estimate of drug-likeness (QED) is 0.834. The van der Waals surface area contributed by atoms with Gasteiger partial charge in [0.2, 0.25) is 0 Å². The molecule has 2 atom stereocenters. The summed E-state index contributed by atoms with van der Waals surface area (Å²) in [6.07, 6.45) is 1.67. The first-order valence-corrected chi connectivity index (χ1v) is 6.16. The Balaban J connectivity index is 2.86. The molecule has 0 radical (unpaired) electrons. The van der Waals surface area contributed by atoms with Gasteiger partial charge in [0, 0.05) is 18.7 Å². The average molecular weight is 224 g/mol. The maximum atomic E-state index is 10.4. The summed E-state index contributed by atoms with van der Waals surface area (Å²) < 4.78 is 1.98. The smallest absolute Gasteiger partial charge is 0.0700 e. The van der Waals surface area contributed by atoms with Crippen molar-refractivity contribution < 1.29 is 5.11 Å². The van der Waals surface area contributed by atoms with E-state index >= 15 is 0 Å². The summed E-state index contributed by atoms with van der Waals surface area (Å²) in [5.41, 5.74) is 1.51. The summed E-state index contributed by atoms with van der Waals surface area (Å²) in [4.78, 5) is 0. The highest BCUT2D eigenvalue weighted by atomic mass is 16.3. The molecule has 1 aromatic rings. The maximum absolute atomic E-state index is 10.4. The highest BCUT2D eigenvalue weighted by Gasteiger charge is 2.28. The second-order valence-corrected chi connectivity index (χ2v) is 4.94. The first-order valence-electron chi connectivity index (χ1n) is 6.16. The van der Waals surface area contributed by atoms with E-state index in [-0.39, 0.29) is 0 Å². The Hall–Kier alpha value is -0.830. The molecule has 1 aromatic heterocycles. The van der Waals surface area contributed by atoms with Crippen molar-refractivity contribution in [1.29, 1.82) is 0 Å². The van der Waals surface area contributed by atoms with E-state index in [9.17, 15) is 5.11 Å².